The van der Waals surface area contributed by atoms with Gasteiger partial charge in [0.05, 0.1) is 11.7 Å². The minimum absolute atomic E-state index is 0.00102. The van der Waals surface area contributed by atoms with Crippen molar-refractivity contribution < 1.29 is 14.7 Å². The highest BCUT2D eigenvalue weighted by Crippen LogP contribution is 2.36. The summed E-state index contributed by atoms with van der Waals surface area (Å²) in [5.74, 6) is -1.08. The van der Waals surface area contributed by atoms with Gasteiger partial charge in [-0.1, -0.05) is 6.42 Å². The van der Waals surface area contributed by atoms with Gasteiger partial charge in [0, 0.05) is 25.3 Å². The summed E-state index contributed by atoms with van der Waals surface area (Å²) in [4.78, 5) is 26.6. The molecular weight excluding hydrogens is 260 g/mol. The summed E-state index contributed by atoms with van der Waals surface area (Å²) in [7, 11) is 0. The van der Waals surface area contributed by atoms with E-state index in [1.165, 1.54) is 12.5 Å². The molecule has 2 rings (SSSR count). The number of carbonyl (C=O) groups excluding carboxylic acids is 1. The van der Waals surface area contributed by atoms with Crippen molar-refractivity contribution in [1.29, 1.82) is 0 Å². The molecule has 110 valence electrons. The van der Waals surface area contributed by atoms with Crippen LogP contribution in [0.1, 0.15) is 36.7 Å². The average molecular weight is 280 g/mol. The molecule has 4 N–H and O–H groups in total. The SMILES string of the molecule is CC1(C(=O)NCCn2cnc(C(=O)O)c2)CCCC1N. The molecule has 0 spiro atoms. The molecule has 2 unspecified atom stereocenters. The van der Waals surface area contributed by atoms with Crippen molar-refractivity contribution >= 4 is 11.9 Å². The molecule has 1 heterocycles. The Labute approximate surface area is 117 Å². The fourth-order valence-electron chi connectivity index (χ4n) is 2.57. The molecule has 0 bridgehead atoms. The zero-order valence-corrected chi connectivity index (χ0v) is 11.5. The lowest BCUT2D eigenvalue weighted by Gasteiger charge is -2.27. The monoisotopic (exact) mass is 280 g/mol. The van der Waals surface area contributed by atoms with Crippen molar-refractivity contribution in [3.63, 3.8) is 0 Å². The minimum Gasteiger partial charge on any atom is -0.476 e. The molecule has 0 aliphatic heterocycles. The number of imidazole rings is 1. The van der Waals surface area contributed by atoms with Crippen LogP contribution in [-0.2, 0) is 11.3 Å². The summed E-state index contributed by atoms with van der Waals surface area (Å²) >= 11 is 0. The van der Waals surface area contributed by atoms with Crippen molar-refractivity contribution in [2.75, 3.05) is 6.54 Å². The average Bonchev–Trinajstić information content (AvgIpc) is 2.98. The zero-order chi connectivity index (χ0) is 14.8. The Morgan fingerprint density at radius 2 is 2.40 bits per heavy atom. The van der Waals surface area contributed by atoms with Gasteiger partial charge in [0.15, 0.2) is 5.69 Å². The first kappa shape index (κ1) is 14.5. The van der Waals surface area contributed by atoms with E-state index in [2.05, 4.69) is 10.3 Å². The fraction of sp³-hybridized carbons (Fsp3) is 0.615. The van der Waals surface area contributed by atoms with E-state index < -0.39 is 11.4 Å². The predicted octanol–water partition coefficient (Wildman–Crippen LogP) is 0.215. The van der Waals surface area contributed by atoms with Crippen LogP contribution in [-0.4, -0.2) is 39.1 Å². The molecule has 20 heavy (non-hydrogen) atoms. The minimum atomic E-state index is -1.06. The van der Waals surface area contributed by atoms with E-state index in [1.54, 1.807) is 4.57 Å². The number of amides is 1. The fourth-order valence-corrected chi connectivity index (χ4v) is 2.57. The van der Waals surface area contributed by atoms with Gasteiger partial charge in [-0.3, -0.25) is 4.79 Å². The van der Waals surface area contributed by atoms with E-state index in [9.17, 15) is 9.59 Å². The molecule has 1 aromatic heterocycles. The van der Waals surface area contributed by atoms with Crippen molar-refractivity contribution in [3.8, 4) is 0 Å². The molecule has 7 heteroatoms. The molecule has 2 atom stereocenters. The van der Waals surface area contributed by atoms with Gasteiger partial charge < -0.3 is 20.7 Å². The molecule has 1 amide bonds. The summed E-state index contributed by atoms with van der Waals surface area (Å²) in [6.07, 6.45) is 5.56. The topological polar surface area (TPSA) is 110 Å². The van der Waals surface area contributed by atoms with Crippen LogP contribution in [0.3, 0.4) is 0 Å². The Morgan fingerprint density at radius 3 is 2.95 bits per heavy atom. The van der Waals surface area contributed by atoms with Crippen LogP contribution in [0.2, 0.25) is 0 Å². The van der Waals surface area contributed by atoms with Gasteiger partial charge in [-0.2, -0.15) is 0 Å². The number of nitrogens with one attached hydrogen (secondary N) is 1. The maximum atomic E-state index is 12.2. The zero-order valence-electron chi connectivity index (χ0n) is 11.5. The van der Waals surface area contributed by atoms with E-state index in [0.29, 0.717) is 13.1 Å². The number of carboxylic acid groups (broad SMARTS) is 1. The van der Waals surface area contributed by atoms with Crippen molar-refractivity contribution in [2.45, 2.75) is 38.8 Å². The Morgan fingerprint density at radius 1 is 1.65 bits per heavy atom. The number of aromatic nitrogens is 2. The number of nitrogens with zero attached hydrogens (tertiary/aromatic N) is 2. The van der Waals surface area contributed by atoms with Gasteiger partial charge in [-0.05, 0) is 19.8 Å². The standard InChI is InChI=1S/C13H20N4O3/c1-13(4-2-3-10(13)14)12(20)15-5-6-17-7-9(11(18)19)16-8-17/h7-8,10H,2-6,14H2,1H3,(H,15,20)(H,18,19). The summed E-state index contributed by atoms with van der Waals surface area (Å²) < 4.78 is 1.64. The van der Waals surface area contributed by atoms with Crippen LogP contribution >= 0.6 is 0 Å². The molecule has 1 saturated carbocycles. The quantitative estimate of drug-likeness (QED) is 0.714. The molecular formula is C13H20N4O3. The first-order valence-corrected chi connectivity index (χ1v) is 6.72. The normalized spacial score (nSPS) is 25.6. The summed E-state index contributed by atoms with van der Waals surface area (Å²) in [6, 6.07) is -0.0886. The number of hydrogen-bond donors (Lipinski definition) is 3. The Hall–Kier alpha value is -1.89. The second-order valence-corrected chi connectivity index (χ2v) is 5.47. The number of hydrogen-bond acceptors (Lipinski definition) is 4. The van der Waals surface area contributed by atoms with Gasteiger partial charge in [-0.25, -0.2) is 9.78 Å². The number of nitrogens with two attached hydrogens (primary N) is 1. The van der Waals surface area contributed by atoms with E-state index >= 15 is 0 Å². The molecule has 1 aliphatic rings. The van der Waals surface area contributed by atoms with E-state index in [0.717, 1.165) is 19.3 Å². The van der Waals surface area contributed by atoms with Crippen LogP contribution in [0, 0.1) is 5.41 Å². The smallest absolute Gasteiger partial charge is 0.356 e. The maximum absolute atomic E-state index is 12.2. The second-order valence-electron chi connectivity index (χ2n) is 5.47. The molecule has 1 aliphatic carbocycles. The largest absolute Gasteiger partial charge is 0.476 e. The molecule has 1 fully saturated rings. The van der Waals surface area contributed by atoms with Crippen molar-refractivity contribution in [3.05, 3.63) is 18.2 Å². The molecule has 7 nitrogen and oxygen atoms in total. The molecule has 0 aromatic carbocycles. The third-order valence-electron chi connectivity index (χ3n) is 4.06. The first-order chi connectivity index (χ1) is 9.43. The van der Waals surface area contributed by atoms with Gasteiger partial charge >= 0.3 is 5.97 Å². The highest BCUT2D eigenvalue weighted by Gasteiger charge is 2.42. The Bertz CT molecular complexity index is 513. The van der Waals surface area contributed by atoms with Crippen LogP contribution in [0.15, 0.2) is 12.5 Å². The van der Waals surface area contributed by atoms with E-state index in [1.807, 2.05) is 6.92 Å². The molecule has 0 saturated heterocycles. The van der Waals surface area contributed by atoms with Crippen LogP contribution < -0.4 is 11.1 Å². The summed E-state index contributed by atoms with van der Waals surface area (Å²) in [5.41, 5.74) is 5.51. The predicted molar refractivity (Wildman–Crippen MR) is 72.1 cm³/mol. The highest BCUT2D eigenvalue weighted by atomic mass is 16.4. The third-order valence-corrected chi connectivity index (χ3v) is 4.06. The third kappa shape index (κ3) is 2.82. The number of carbonyl (C=O) groups is 2. The number of rotatable bonds is 5. The van der Waals surface area contributed by atoms with Crippen LogP contribution in [0.25, 0.3) is 0 Å². The van der Waals surface area contributed by atoms with Crippen molar-refractivity contribution in [1.82, 2.24) is 14.9 Å². The lowest BCUT2D eigenvalue weighted by Crippen LogP contribution is -2.47. The van der Waals surface area contributed by atoms with Gasteiger partial charge in [-0.15, -0.1) is 0 Å². The summed E-state index contributed by atoms with van der Waals surface area (Å²) in [5, 5.41) is 11.6. The Balaban J connectivity index is 1.83. The first-order valence-electron chi connectivity index (χ1n) is 6.72. The van der Waals surface area contributed by atoms with Crippen LogP contribution in [0.4, 0.5) is 0 Å². The van der Waals surface area contributed by atoms with E-state index in [4.69, 9.17) is 10.8 Å². The van der Waals surface area contributed by atoms with Gasteiger partial charge in [0.2, 0.25) is 5.91 Å². The molecule has 0 radical (unpaired) electrons. The molecule has 1 aromatic rings. The van der Waals surface area contributed by atoms with Crippen molar-refractivity contribution in [2.24, 2.45) is 11.1 Å². The van der Waals surface area contributed by atoms with E-state index in [-0.39, 0.29) is 17.6 Å². The number of carboxylic acids is 1. The van der Waals surface area contributed by atoms with Gasteiger partial charge in [0.25, 0.3) is 0 Å². The lowest BCUT2D eigenvalue weighted by atomic mass is 9.84. The summed E-state index contributed by atoms with van der Waals surface area (Å²) in [6.45, 7) is 2.81. The highest BCUT2D eigenvalue weighted by molar-refractivity contribution is 5.85. The maximum Gasteiger partial charge on any atom is 0.356 e. The van der Waals surface area contributed by atoms with Crippen LogP contribution in [0.5, 0.6) is 0 Å². The van der Waals surface area contributed by atoms with Gasteiger partial charge in [0.1, 0.15) is 0 Å². The lowest BCUT2D eigenvalue weighted by molar-refractivity contribution is -0.130. The second kappa shape index (κ2) is 5.62. The number of aromatic carboxylic acids is 1. The Kier molecular flexibility index (Phi) is 4.08.